The first-order chi connectivity index (χ1) is 13.3. The molecule has 5 nitrogen and oxygen atoms in total. The van der Waals surface area contributed by atoms with Crippen LogP contribution in [0.15, 0.2) is 34.2 Å². The highest BCUT2D eigenvalue weighted by molar-refractivity contribution is 8.00. The summed E-state index contributed by atoms with van der Waals surface area (Å²) >= 11 is 1.28. The van der Waals surface area contributed by atoms with Crippen molar-refractivity contribution in [2.24, 2.45) is 7.05 Å². The first kappa shape index (κ1) is 22.1. The van der Waals surface area contributed by atoms with E-state index in [9.17, 15) is 14.0 Å². The van der Waals surface area contributed by atoms with Crippen molar-refractivity contribution in [1.29, 1.82) is 0 Å². The smallest absolute Gasteiger partial charge is 0.257 e. The van der Waals surface area contributed by atoms with Crippen LogP contribution in [0.2, 0.25) is 0 Å². The largest absolute Gasteiger partial charge is 0.355 e. The van der Waals surface area contributed by atoms with Gasteiger partial charge in [-0.3, -0.25) is 14.2 Å². The van der Waals surface area contributed by atoms with E-state index >= 15 is 0 Å². The van der Waals surface area contributed by atoms with Gasteiger partial charge in [0.1, 0.15) is 5.82 Å². The molecular weight excluding hydrogens is 377 g/mol. The van der Waals surface area contributed by atoms with Crippen molar-refractivity contribution in [3.63, 3.8) is 0 Å². The maximum atomic E-state index is 13.1. The summed E-state index contributed by atoms with van der Waals surface area (Å²) in [4.78, 5) is 29.6. The average molecular weight is 406 g/mol. The van der Waals surface area contributed by atoms with Gasteiger partial charge in [0.25, 0.3) is 5.56 Å². The molecule has 0 aliphatic carbocycles. The molecule has 1 N–H and O–H groups in total. The fourth-order valence-electron chi connectivity index (χ4n) is 2.79. The zero-order valence-electron chi connectivity index (χ0n) is 16.9. The van der Waals surface area contributed by atoms with Crippen LogP contribution < -0.4 is 10.9 Å². The molecular formula is C21H28FN3O2S. The Kier molecular flexibility index (Phi) is 8.23. The molecule has 0 bridgehead atoms. The highest BCUT2D eigenvalue weighted by atomic mass is 32.2. The molecule has 1 amide bonds. The van der Waals surface area contributed by atoms with Gasteiger partial charge in [-0.15, -0.1) is 0 Å². The lowest BCUT2D eigenvalue weighted by Gasteiger charge is -2.15. The summed E-state index contributed by atoms with van der Waals surface area (Å²) in [6.07, 6.45) is 3.56. The number of nitrogens with zero attached hydrogens (tertiary/aromatic N) is 2. The van der Waals surface area contributed by atoms with Crippen LogP contribution in [0.5, 0.6) is 0 Å². The number of aromatic nitrogens is 2. The summed E-state index contributed by atoms with van der Waals surface area (Å²) < 4.78 is 14.6. The molecule has 1 aromatic carbocycles. The van der Waals surface area contributed by atoms with Crippen LogP contribution in [0.25, 0.3) is 0 Å². The van der Waals surface area contributed by atoms with E-state index in [1.165, 1.54) is 28.5 Å². The number of amides is 1. The SMILES string of the molecule is CCCCCNC(=O)[C@H](C)Sc1nc(C)c(Cc2ccc(F)cc2)c(=O)n1C. The summed E-state index contributed by atoms with van der Waals surface area (Å²) in [5.41, 5.74) is 1.92. The number of thioether (sulfide) groups is 1. The second-order valence-electron chi connectivity index (χ2n) is 6.88. The van der Waals surface area contributed by atoms with Crippen LogP contribution >= 0.6 is 11.8 Å². The van der Waals surface area contributed by atoms with E-state index in [1.807, 2.05) is 6.92 Å². The number of rotatable bonds is 9. The van der Waals surface area contributed by atoms with E-state index in [1.54, 1.807) is 26.1 Å². The third kappa shape index (κ3) is 5.92. The van der Waals surface area contributed by atoms with Crippen molar-refractivity contribution in [2.45, 2.75) is 56.9 Å². The van der Waals surface area contributed by atoms with Gasteiger partial charge in [-0.05, 0) is 38.0 Å². The number of aryl methyl sites for hydroxylation is 1. The van der Waals surface area contributed by atoms with Crippen LogP contribution in [-0.2, 0) is 18.3 Å². The van der Waals surface area contributed by atoms with E-state index in [0.29, 0.717) is 29.4 Å². The molecule has 1 heterocycles. The number of carbonyl (C=O) groups excluding carboxylic acids is 1. The molecule has 0 radical (unpaired) electrons. The summed E-state index contributed by atoms with van der Waals surface area (Å²) in [6.45, 7) is 6.39. The van der Waals surface area contributed by atoms with Gasteiger partial charge < -0.3 is 5.32 Å². The van der Waals surface area contributed by atoms with E-state index in [-0.39, 0.29) is 22.5 Å². The highest BCUT2D eigenvalue weighted by Gasteiger charge is 2.19. The normalized spacial score (nSPS) is 12.0. The van der Waals surface area contributed by atoms with Gasteiger partial charge in [0, 0.05) is 31.3 Å². The molecule has 1 atom stereocenters. The molecule has 28 heavy (non-hydrogen) atoms. The molecule has 2 aromatic rings. The monoisotopic (exact) mass is 405 g/mol. The van der Waals surface area contributed by atoms with Crippen molar-refractivity contribution >= 4 is 17.7 Å². The minimum Gasteiger partial charge on any atom is -0.355 e. The standard InChI is InChI=1S/C21H28FN3O2S/c1-5-6-7-12-23-19(26)15(3)28-21-24-14(2)18(20(27)25(21)4)13-16-8-10-17(22)11-9-16/h8-11,15H,5-7,12-13H2,1-4H3,(H,23,26)/t15-/m0/s1. The summed E-state index contributed by atoms with van der Waals surface area (Å²) in [5, 5.41) is 3.10. The molecule has 0 spiro atoms. The van der Waals surface area contributed by atoms with Gasteiger partial charge >= 0.3 is 0 Å². The van der Waals surface area contributed by atoms with E-state index in [4.69, 9.17) is 0 Å². The molecule has 0 aliphatic heterocycles. The molecule has 1 aromatic heterocycles. The topological polar surface area (TPSA) is 64.0 Å². The number of hydrogen-bond acceptors (Lipinski definition) is 4. The summed E-state index contributed by atoms with van der Waals surface area (Å²) in [7, 11) is 1.66. The maximum absolute atomic E-state index is 13.1. The lowest BCUT2D eigenvalue weighted by molar-refractivity contribution is -0.120. The number of nitrogens with one attached hydrogen (secondary N) is 1. The third-order valence-corrected chi connectivity index (χ3v) is 5.72. The van der Waals surface area contributed by atoms with Crippen LogP contribution in [0.3, 0.4) is 0 Å². The van der Waals surface area contributed by atoms with E-state index < -0.39 is 0 Å². The van der Waals surface area contributed by atoms with Gasteiger partial charge in [-0.1, -0.05) is 43.7 Å². The Balaban J connectivity index is 2.11. The quantitative estimate of drug-likeness (QED) is 0.393. The summed E-state index contributed by atoms with van der Waals surface area (Å²) in [6, 6.07) is 6.10. The Morgan fingerprint density at radius 3 is 2.61 bits per heavy atom. The van der Waals surface area contributed by atoms with Gasteiger partial charge in [0.2, 0.25) is 5.91 Å². The predicted octanol–water partition coefficient (Wildman–Crippen LogP) is 3.61. The fourth-order valence-corrected chi connectivity index (χ4v) is 3.72. The summed E-state index contributed by atoms with van der Waals surface area (Å²) in [5.74, 6) is -0.358. The number of unbranched alkanes of at least 4 members (excludes halogenated alkanes) is 2. The van der Waals surface area contributed by atoms with Crippen molar-refractivity contribution in [3.05, 3.63) is 57.3 Å². The van der Waals surface area contributed by atoms with Crippen molar-refractivity contribution in [3.8, 4) is 0 Å². The molecule has 7 heteroatoms. The van der Waals surface area contributed by atoms with E-state index in [0.717, 1.165) is 24.8 Å². The minimum atomic E-state index is -0.345. The molecule has 152 valence electrons. The Morgan fingerprint density at radius 1 is 1.29 bits per heavy atom. The van der Waals surface area contributed by atoms with Crippen LogP contribution in [0, 0.1) is 12.7 Å². The molecule has 0 aliphatic rings. The van der Waals surface area contributed by atoms with Gasteiger partial charge in [0.15, 0.2) is 5.16 Å². The van der Waals surface area contributed by atoms with Gasteiger partial charge in [-0.25, -0.2) is 9.37 Å². The lowest BCUT2D eigenvalue weighted by Crippen LogP contribution is -2.33. The third-order valence-electron chi connectivity index (χ3n) is 4.57. The number of hydrogen-bond donors (Lipinski definition) is 1. The molecule has 0 fully saturated rings. The van der Waals surface area contributed by atoms with Gasteiger partial charge in [-0.2, -0.15) is 0 Å². The van der Waals surface area contributed by atoms with Gasteiger partial charge in [0.05, 0.1) is 5.25 Å². The number of halogens is 1. The maximum Gasteiger partial charge on any atom is 0.257 e. The van der Waals surface area contributed by atoms with E-state index in [2.05, 4.69) is 17.2 Å². The fraction of sp³-hybridized carbons (Fsp3) is 0.476. The first-order valence-corrected chi connectivity index (χ1v) is 10.5. The number of carbonyl (C=O) groups is 1. The Hall–Kier alpha value is -2.15. The molecule has 0 unspecified atom stereocenters. The van der Waals surface area contributed by atoms with Crippen molar-refractivity contribution < 1.29 is 9.18 Å². The van der Waals surface area contributed by atoms with Crippen LogP contribution in [-0.4, -0.2) is 27.3 Å². The van der Waals surface area contributed by atoms with Crippen LogP contribution in [0.4, 0.5) is 4.39 Å². The molecule has 2 rings (SSSR count). The molecule has 0 saturated heterocycles. The molecule has 0 saturated carbocycles. The van der Waals surface area contributed by atoms with Crippen LogP contribution in [0.1, 0.15) is 49.9 Å². The highest BCUT2D eigenvalue weighted by Crippen LogP contribution is 2.21. The first-order valence-electron chi connectivity index (χ1n) is 9.58. The zero-order chi connectivity index (χ0) is 20.7. The second-order valence-corrected chi connectivity index (χ2v) is 8.19. The Bertz CT molecular complexity index is 865. The second kappa shape index (κ2) is 10.4. The Morgan fingerprint density at radius 2 is 1.96 bits per heavy atom. The lowest BCUT2D eigenvalue weighted by atomic mass is 10.1. The number of benzene rings is 1. The predicted molar refractivity (Wildman–Crippen MR) is 111 cm³/mol. The average Bonchev–Trinajstić information content (AvgIpc) is 2.67. The zero-order valence-corrected chi connectivity index (χ0v) is 17.7. The van der Waals surface area contributed by atoms with Crippen molar-refractivity contribution in [1.82, 2.24) is 14.9 Å². The van der Waals surface area contributed by atoms with Crippen molar-refractivity contribution in [2.75, 3.05) is 6.54 Å². The minimum absolute atomic E-state index is 0.0524. The Labute approximate surface area is 169 Å².